The largest absolute Gasteiger partial charge is 0.496 e. The van der Waals surface area contributed by atoms with E-state index in [4.69, 9.17) is 4.74 Å². The summed E-state index contributed by atoms with van der Waals surface area (Å²) in [7, 11) is 1.53. The summed E-state index contributed by atoms with van der Waals surface area (Å²) in [5, 5.41) is 2.77. The molecule has 0 spiro atoms. The maximum absolute atomic E-state index is 11.7. The second-order valence-electron chi connectivity index (χ2n) is 4.17. The highest BCUT2D eigenvalue weighted by molar-refractivity contribution is 5.81. The zero-order valence-corrected chi connectivity index (χ0v) is 10.5. The molecule has 1 aliphatic rings. The fourth-order valence-corrected chi connectivity index (χ4v) is 2.12. The van der Waals surface area contributed by atoms with Gasteiger partial charge in [0, 0.05) is 19.6 Å². The van der Waals surface area contributed by atoms with Gasteiger partial charge in [-0.2, -0.15) is 0 Å². The van der Waals surface area contributed by atoms with Crippen LogP contribution in [0.25, 0.3) is 0 Å². The Kier molecular flexibility index (Phi) is 3.50. The predicted molar refractivity (Wildman–Crippen MR) is 66.7 cm³/mol. The van der Waals surface area contributed by atoms with Crippen molar-refractivity contribution in [1.82, 2.24) is 10.2 Å². The van der Waals surface area contributed by atoms with E-state index in [0.717, 1.165) is 17.4 Å². The second-order valence-corrected chi connectivity index (χ2v) is 4.17. The van der Waals surface area contributed by atoms with E-state index in [-0.39, 0.29) is 6.03 Å². The topological polar surface area (TPSA) is 58.6 Å². The van der Waals surface area contributed by atoms with Gasteiger partial charge in [-0.25, -0.2) is 4.79 Å². The molecule has 0 fully saturated rings. The maximum Gasteiger partial charge on any atom is 0.317 e. The van der Waals surface area contributed by atoms with Crippen LogP contribution in [0.3, 0.4) is 0 Å². The molecule has 1 aromatic carbocycles. The highest BCUT2D eigenvalue weighted by atomic mass is 16.5. The van der Waals surface area contributed by atoms with Gasteiger partial charge in [0.1, 0.15) is 5.75 Å². The number of fused-ring (bicyclic) bond motifs is 1. The van der Waals surface area contributed by atoms with Gasteiger partial charge >= 0.3 is 6.03 Å². The smallest absolute Gasteiger partial charge is 0.317 e. The Morgan fingerprint density at radius 2 is 2.11 bits per heavy atom. The number of rotatable bonds is 3. The molecule has 1 heterocycles. The van der Waals surface area contributed by atoms with Gasteiger partial charge in [-0.3, -0.25) is 4.79 Å². The number of ether oxygens (including phenoxy) is 1. The number of methoxy groups -OCH3 is 1. The first-order chi connectivity index (χ1) is 8.69. The van der Waals surface area contributed by atoms with Gasteiger partial charge in [-0.05, 0) is 30.2 Å². The molecule has 5 heteroatoms. The highest BCUT2D eigenvalue weighted by Crippen LogP contribution is 2.29. The molecule has 0 aliphatic carbocycles. The number of carbonyl (C=O) groups is 2. The minimum Gasteiger partial charge on any atom is -0.496 e. The minimum absolute atomic E-state index is 0.0830. The number of amides is 2. The summed E-state index contributed by atoms with van der Waals surface area (Å²) in [6.07, 6.45) is 0.772. The molecule has 2 amide bonds. The molecule has 0 radical (unpaired) electrons. The van der Waals surface area contributed by atoms with Gasteiger partial charge in [0.05, 0.1) is 12.7 Å². The molecule has 0 saturated carbocycles. The summed E-state index contributed by atoms with van der Waals surface area (Å²) in [5.74, 6) is 0.557. The summed E-state index contributed by atoms with van der Waals surface area (Å²) in [6.45, 7) is 3.58. The van der Waals surface area contributed by atoms with E-state index < -0.39 is 0 Å². The Balaban J connectivity index is 2.24. The third-order valence-corrected chi connectivity index (χ3v) is 3.02. The molecule has 0 unspecified atom stereocenters. The lowest BCUT2D eigenvalue weighted by atomic mass is 10.1. The Morgan fingerprint density at radius 1 is 1.44 bits per heavy atom. The zero-order valence-electron chi connectivity index (χ0n) is 10.5. The van der Waals surface area contributed by atoms with Crippen LogP contribution in [0.4, 0.5) is 4.79 Å². The van der Waals surface area contributed by atoms with E-state index in [1.54, 1.807) is 11.0 Å². The molecular weight excluding hydrogens is 232 g/mol. The van der Waals surface area contributed by atoms with Crippen molar-refractivity contribution in [2.75, 3.05) is 13.7 Å². The average Bonchev–Trinajstić information content (AvgIpc) is 2.80. The van der Waals surface area contributed by atoms with Gasteiger partial charge in [0.2, 0.25) is 0 Å². The molecule has 96 valence electrons. The molecule has 0 bridgehead atoms. The van der Waals surface area contributed by atoms with Gasteiger partial charge in [-0.1, -0.05) is 0 Å². The standard InChI is InChI=1S/C13H16N2O3/c1-3-14-13(17)15-6-9-4-11(8-16)12(18-2)5-10(9)7-15/h4-5,8H,3,6-7H2,1-2H3,(H,14,17). The molecule has 0 aromatic heterocycles. The average molecular weight is 248 g/mol. The van der Waals surface area contributed by atoms with Crippen molar-refractivity contribution in [3.8, 4) is 5.75 Å². The third kappa shape index (κ3) is 2.16. The van der Waals surface area contributed by atoms with Gasteiger partial charge in [-0.15, -0.1) is 0 Å². The highest BCUT2D eigenvalue weighted by Gasteiger charge is 2.24. The number of nitrogens with one attached hydrogen (secondary N) is 1. The van der Waals surface area contributed by atoms with Crippen LogP contribution in [0.5, 0.6) is 5.75 Å². The lowest BCUT2D eigenvalue weighted by Gasteiger charge is -2.15. The summed E-state index contributed by atoms with van der Waals surface area (Å²) in [4.78, 5) is 24.4. The lowest BCUT2D eigenvalue weighted by molar-refractivity contribution is 0.112. The fraction of sp³-hybridized carbons (Fsp3) is 0.385. The number of aldehydes is 1. The maximum atomic E-state index is 11.7. The number of hydrogen-bond donors (Lipinski definition) is 1. The fourth-order valence-electron chi connectivity index (χ4n) is 2.12. The van der Waals surface area contributed by atoms with Gasteiger partial charge in [0.15, 0.2) is 6.29 Å². The Hall–Kier alpha value is -2.04. The summed E-state index contributed by atoms with van der Waals surface area (Å²) in [5.41, 5.74) is 2.56. The number of benzene rings is 1. The summed E-state index contributed by atoms with van der Waals surface area (Å²) < 4.78 is 5.15. The van der Waals surface area contributed by atoms with E-state index in [1.165, 1.54) is 7.11 Å². The molecule has 5 nitrogen and oxygen atoms in total. The van der Waals surface area contributed by atoms with Crippen molar-refractivity contribution in [2.45, 2.75) is 20.0 Å². The minimum atomic E-state index is -0.0830. The molecule has 0 saturated heterocycles. The van der Waals surface area contributed by atoms with E-state index in [9.17, 15) is 9.59 Å². The van der Waals surface area contributed by atoms with Gasteiger partial charge in [0.25, 0.3) is 0 Å². The first kappa shape index (κ1) is 12.4. The number of carbonyl (C=O) groups excluding carboxylic acids is 2. The number of hydrogen-bond acceptors (Lipinski definition) is 3. The van der Waals surface area contributed by atoms with Gasteiger partial charge < -0.3 is 15.0 Å². The van der Waals surface area contributed by atoms with E-state index in [0.29, 0.717) is 30.9 Å². The monoisotopic (exact) mass is 248 g/mol. The summed E-state index contributed by atoms with van der Waals surface area (Å²) in [6, 6.07) is 3.54. The molecule has 1 aliphatic heterocycles. The van der Waals surface area contributed by atoms with Crippen molar-refractivity contribution >= 4 is 12.3 Å². The first-order valence-electron chi connectivity index (χ1n) is 5.87. The van der Waals surface area contributed by atoms with E-state index >= 15 is 0 Å². The lowest BCUT2D eigenvalue weighted by Crippen LogP contribution is -2.36. The van der Waals surface area contributed by atoms with Crippen molar-refractivity contribution in [3.63, 3.8) is 0 Å². The second kappa shape index (κ2) is 5.08. The van der Waals surface area contributed by atoms with E-state index in [1.807, 2.05) is 13.0 Å². The molecule has 2 rings (SSSR count). The molecule has 1 N–H and O–H groups in total. The first-order valence-corrected chi connectivity index (χ1v) is 5.87. The number of urea groups is 1. The van der Waals surface area contributed by atoms with Crippen LogP contribution >= 0.6 is 0 Å². The van der Waals surface area contributed by atoms with Crippen molar-refractivity contribution < 1.29 is 14.3 Å². The van der Waals surface area contributed by atoms with Crippen LogP contribution in [0.2, 0.25) is 0 Å². The summed E-state index contributed by atoms with van der Waals surface area (Å²) >= 11 is 0. The number of nitrogens with zero attached hydrogens (tertiary/aromatic N) is 1. The van der Waals surface area contributed by atoms with E-state index in [2.05, 4.69) is 5.32 Å². The molecule has 1 aromatic rings. The molecule has 18 heavy (non-hydrogen) atoms. The van der Waals surface area contributed by atoms with Crippen LogP contribution in [-0.4, -0.2) is 30.9 Å². The quantitative estimate of drug-likeness (QED) is 0.826. The third-order valence-electron chi connectivity index (χ3n) is 3.02. The zero-order chi connectivity index (χ0) is 13.1. The normalized spacial score (nSPS) is 13.1. The van der Waals surface area contributed by atoms with Crippen LogP contribution < -0.4 is 10.1 Å². The Labute approximate surface area is 106 Å². The van der Waals surface area contributed by atoms with Crippen LogP contribution in [0.1, 0.15) is 28.4 Å². The van der Waals surface area contributed by atoms with Crippen LogP contribution in [0, 0.1) is 0 Å². The van der Waals surface area contributed by atoms with Crippen LogP contribution in [0.15, 0.2) is 12.1 Å². The van der Waals surface area contributed by atoms with Crippen LogP contribution in [-0.2, 0) is 13.1 Å². The Bertz CT molecular complexity index is 485. The Morgan fingerprint density at radius 3 is 2.67 bits per heavy atom. The van der Waals surface area contributed by atoms with Crippen molar-refractivity contribution in [3.05, 3.63) is 28.8 Å². The predicted octanol–water partition coefficient (Wildman–Crippen LogP) is 1.55. The molecule has 0 atom stereocenters. The molecular formula is C13H16N2O3. The SMILES string of the molecule is CCNC(=O)N1Cc2cc(C=O)c(OC)cc2C1. The van der Waals surface area contributed by atoms with Crippen molar-refractivity contribution in [2.24, 2.45) is 0 Å². The van der Waals surface area contributed by atoms with Crippen molar-refractivity contribution in [1.29, 1.82) is 0 Å².